The minimum absolute atomic E-state index is 0. The van der Waals surface area contributed by atoms with Crippen LogP contribution in [0, 0.1) is 0 Å². The van der Waals surface area contributed by atoms with Crippen molar-refractivity contribution in [3.05, 3.63) is 92.6 Å². The van der Waals surface area contributed by atoms with Gasteiger partial charge >= 0.3 is 4.87 Å². The number of rotatable bonds is 12. The fourth-order valence-electron chi connectivity index (χ4n) is 4.07. The van der Waals surface area contributed by atoms with Gasteiger partial charge in [-0.3, -0.25) is 4.79 Å². The third kappa shape index (κ3) is 8.20. The van der Waals surface area contributed by atoms with Crippen LogP contribution in [-0.4, -0.2) is 34.9 Å². The number of aromatic amines is 1. The SMILES string of the molecule is CCOc1ccccc1CNCc1cccc(CCNCC(O)c2ccc(O)c3[nH]c(=O)sc23)c1.Cl.Cl. The number of hydrogen-bond donors (Lipinski definition) is 5. The van der Waals surface area contributed by atoms with Gasteiger partial charge in [0, 0.05) is 30.8 Å². The van der Waals surface area contributed by atoms with E-state index in [1.165, 1.54) is 17.2 Å². The predicted molar refractivity (Wildman–Crippen MR) is 155 cm³/mol. The van der Waals surface area contributed by atoms with Gasteiger partial charge in [-0.15, -0.1) is 24.8 Å². The number of fused-ring (bicyclic) bond motifs is 1. The first-order valence-corrected chi connectivity index (χ1v) is 12.6. The molecule has 3 aromatic carbocycles. The number of benzene rings is 3. The number of aromatic hydroxyl groups is 1. The molecule has 0 amide bonds. The second kappa shape index (κ2) is 15.0. The van der Waals surface area contributed by atoms with E-state index in [0.717, 1.165) is 42.2 Å². The van der Waals surface area contributed by atoms with Gasteiger partial charge < -0.3 is 30.6 Å². The van der Waals surface area contributed by atoms with E-state index < -0.39 is 6.10 Å². The maximum absolute atomic E-state index is 11.7. The lowest BCUT2D eigenvalue weighted by atomic mass is 10.1. The molecule has 1 atom stereocenters. The van der Waals surface area contributed by atoms with Crippen LogP contribution in [-0.2, 0) is 19.5 Å². The van der Waals surface area contributed by atoms with Crippen LogP contribution in [0.15, 0.2) is 65.5 Å². The van der Waals surface area contributed by atoms with Crippen molar-refractivity contribution in [2.24, 2.45) is 0 Å². The molecule has 1 aromatic heterocycles. The molecule has 5 N–H and O–H groups in total. The Morgan fingerprint density at radius 2 is 1.78 bits per heavy atom. The number of hydrogen-bond acceptors (Lipinski definition) is 7. The number of nitrogens with one attached hydrogen (secondary N) is 3. The Morgan fingerprint density at radius 1 is 1.00 bits per heavy atom. The number of H-pyrrole nitrogens is 1. The third-order valence-corrected chi connectivity index (χ3v) is 6.71. The number of aliphatic hydroxyl groups excluding tert-OH is 1. The first-order chi connectivity index (χ1) is 17.0. The summed E-state index contributed by atoms with van der Waals surface area (Å²) in [7, 11) is 0. The Labute approximate surface area is 232 Å². The monoisotopic (exact) mass is 565 g/mol. The number of thiazole rings is 1. The summed E-state index contributed by atoms with van der Waals surface area (Å²) in [6.45, 7) is 5.20. The third-order valence-electron chi connectivity index (χ3n) is 5.78. The summed E-state index contributed by atoms with van der Waals surface area (Å²) in [4.78, 5) is 14.0. The van der Waals surface area contributed by atoms with E-state index in [4.69, 9.17) is 4.74 Å². The molecule has 0 bridgehead atoms. The Bertz CT molecular complexity index is 1330. The summed E-state index contributed by atoms with van der Waals surface area (Å²) in [5, 5.41) is 27.4. The lowest BCUT2D eigenvalue weighted by Gasteiger charge is -2.14. The van der Waals surface area contributed by atoms with Gasteiger partial charge in [0.2, 0.25) is 0 Å². The maximum Gasteiger partial charge on any atom is 0.305 e. The standard InChI is InChI=1S/C27H31N3O4S.2ClH/c1-2-34-24-9-4-3-8-20(24)16-29-15-19-7-5-6-18(14-19)12-13-28-17-23(32)21-10-11-22(31)25-26(21)35-27(33)30-25;;/h3-11,14,23,28-29,31-32H,2,12-13,15-17H2,1H3,(H,30,33);2*1H. The van der Waals surface area contributed by atoms with Crippen LogP contribution >= 0.6 is 36.2 Å². The van der Waals surface area contributed by atoms with E-state index in [1.54, 1.807) is 6.07 Å². The molecular weight excluding hydrogens is 533 g/mol. The van der Waals surface area contributed by atoms with Gasteiger partial charge in [-0.05, 0) is 43.1 Å². The zero-order valence-electron chi connectivity index (χ0n) is 20.5. The number of aromatic nitrogens is 1. The van der Waals surface area contributed by atoms with Gasteiger partial charge in [0.05, 0.1) is 17.4 Å². The van der Waals surface area contributed by atoms with Gasteiger partial charge in [0.1, 0.15) is 17.0 Å². The molecule has 0 aliphatic heterocycles. The maximum atomic E-state index is 11.7. The Hall–Kier alpha value is -2.59. The van der Waals surface area contributed by atoms with E-state index in [9.17, 15) is 15.0 Å². The quantitative estimate of drug-likeness (QED) is 0.159. The minimum atomic E-state index is -0.778. The number of halogens is 2. The molecule has 1 unspecified atom stereocenters. The Morgan fingerprint density at radius 3 is 2.59 bits per heavy atom. The van der Waals surface area contributed by atoms with Crippen LogP contribution in [0.1, 0.15) is 35.3 Å². The smallest absolute Gasteiger partial charge is 0.305 e. The van der Waals surface area contributed by atoms with Crippen LogP contribution in [0.4, 0.5) is 0 Å². The Kier molecular flexibility index (Phi) is 12.4. The lowest BCUT2D eigenvalue weighted by molar-refractivity contribution is 0.176. The summed E-state index contributed by atoms with van der Waals surface area (Å²) in [6, 6.07) is 19.7. The van der Waals surface area contributed by atoms with Crippen LogP contribution in [0.25, 0.3) is 10.2 Å². The molecule has 4 rings (SSSR count). The number of para-hydroxylation sites is 1. The highest BCUT2D eigenvalue weighted by atomic mass is 35.5. The number of ether oxygens (including phenoxy) is 1. The van der Waals surface area contributed by atoms with Crippen molar-refractivity contribution >= 4 is 46.4 Å². The number of phenols is 1. The van der Waals surface area contributed by atoms with Crippen molar-refractivity contribution in [2.45, 2.75) is 32.5 Å². The predicted octanol–water partition coefficient (Wildman–Crippen LogP) is 4.69. The van der Waals surface area contributed by atoms with Crippen molar-refractivity contribution in [3.8, 4) is 11.5 Å². The van der Waals surface area contributed by atoms with Crippen molar-refractivity contribution in [1.82, 2.24) is 15.6 Å². The minimum Gasteiger partial charge on any atom is -0.506 e. The average molecular weight is 567 g/mol. The number of phenolic OH excluding ortho intramolecular Hbond substituents is 1. The first-order valence-electron chi connectivity index (χ1n) is 11.8. The van der Waals surface area contributed by atoms with Crippen molar-refractivity contribution in [2.75, 3.05) is 19.7 Å². The molecule has 4 aromatic rings. The van der Waals surface area contributed by atoms with Crippen LogP contribution in [0.3, 0.4) is 0 Å². The van der Waals surface area contributed by atoms with Gasteiger partial charge in [-0.1, -0.05) is 59.9 Å². The first kappa shape index (κ1) is 30.6. The second-order valence-corrected chi connectivity index (χ2v) is 9.31. The molecule has 0 aliphatic carbocycles. The fourth-order valence-corrected chi connectivity index (χ4v) is 4.98. The highest BCUT2D eigenvalue weighted by Gasteiger charge is 2.16. The molecule has 1 heterocycles. The normalized spacial score (nSPS) is 11.5. The molecule has 200 valence electrons. The zero-order valence-corrected chi connectivity index (χ0v) is 23.0. The summed E-state index contributed by atoms with van der Waals surface area (Å²) >= 11 is 0.995. The van der Waals surface area contributed by atoms with E-state index in [1.807, 2.05) is 25.1 Å². The highest BCUT2D eigenvalue weighted by Crippen LogP contribution is 2.31. The van der Waals surface area contributed by atoms with E-state index >= 15 is 0 Å². The highest BCUT2D eigenvalue weighted by molar-refractivity contribution is 7.16. The van der Waals surface area contributed by atoms with Gasteiger partial charge in [-0.25, -0.2) is 0 Å². The van der Waals surface area contributed by atoms with Gasteiger partial charge in [-0.2, -0.15) is 0 Å². The van der Waals surface area contributed by atoms with Crippen LogP contribution in [0.2, 0.25) is 0 Å². The molecule has 0 saturated heterocycles. The van der Waals surface area contributed by atoms with Crippen LogP contribution < -0.4 is 20.2 Å². The van der Waals surface area contributed by atoms with Crippen LogP contribution in [0.5, 0.6) is 11.5 Å². The van der Waals surface area contributed by atoms with E-state index in [2.05, 4.69) is 45.9 Å². The van der Waals surface area contributed by atoms with E-state index in [-0.39, 0.29) is 35.4 Å². The van der Waals surface area contributed by atoms with Crippen molar-refractivity contribution in [1.29, 1.82) is 0 Å². The molecule has 0 aliphatic rings. The van der Waals surface area contributed by atoms with Crippen molar-refractivity contribution in [3.63, 3.8) is 0 Å². The molecule has 37 heavy (non-hydrogen) atoms. The molecule has 10 heteroatoms. The summed E-state index contributed by atoms with van der Waals surface area (Å²) < 4.78 is 6.29. The molecule has 0 radical (unpaired) electrons. The van der Waals surface area contributed by atoms with E-state index in [0.29, 0.717) is 35.5 Å². The van der Waals surface area contributed by atoms with Crippen molar-refractivity contribution < 1.29 is 14.9 Å². The molecule has 0 fully saturated rings. The summed E-state index contributed by atoms with van der Waals surface area (Å²) in [5.74, 6) is 0.929. The Balaban J connectivity index is 0.00000241. The summed E-state index contributed by atoms with van der Waals surface area (Å²) in [6.07, 6.45) is 0.0515. The second-order valence-electron chi connectivity index (χ2n) is 8.33. The fraction of sp³-hybridized carbons (Fsp3) is 0.296. The largest absolute Gasteiger partial charge is 0.506 e. The molecule has 7 nitrogen and oxygen atoms in total. The summed E-state index contributed by atoms with van der Waals surface area (Å²) in [5.41, 5.74) is 4.59. The average Bonchev–Trinajstić information content (AvgIpc) is 3.26. The van der Waals surface area contributed by atoms with Gasteiger partial charge in [0.15, 0.2) is 0 Å². The number of aliphatic hydroxyl groups is 1. The van der Waals surface area contributed by atoms with Gasteiger partial charge in [0.25, 0.3) is 0 Å². The zero-order chi connectivity index (χ0) is 24.6. The lowest BCUT2D eigenvalue weighted by Crippen LogP contribution is -2.24. The molecule has 0 spiro atoms. The molecule has 0 saturated carbocycles. The topological polar surface area (TPSA) is 107 Å². The molecular formula is C27H33Cl2N3O4S.